The zero-order valence-corrected chi connectivity index (χ0v) is 11.0. The molecule has 0 aliphatic rings. The van der Waals surface area contributed by atoms with E-state index in [2.05, 4.69) is 36.3 Å². The van der Waals surface area contributed by atoms with Crippen LogP contribution in [0.5, 0.6) is 0 Å². The lowest BCUT2D eigenvalue weighted by molar-refractivity contribution is 1.21. The molecule has 17 heavy (non-hydrogen) atoms. The normalized spacial score (nSPS) is 9.65. The van der Waals surface area contributed by atoms with Crippen molar-refractivity contribution in [2.24, 2.45) is 0 Å². The molecule has 1 aromatic carbocycles. The van der Waals surface area contributed by atoms with Crippen LogP contribution < -0.4 is 11.1 Å². The summed E-state index contributed by atoms with van der Waals surface area (Å²) in [7, 11) is 0. The van der Waals surface area contributed by atoms with E-state index in [0.717, 1.165) is 23.1 Å². The molecule has 0 unspecified atom stereocenters. The van der Waals surface area contributed by atoms with Gasteiger partial charge in [0.2, 0.25) is 0 Å². The van der Waals surface area contributed by atoms with Gasteiger partial charge in [-0.1, -0.05) is 25.5 Å². The van der Waals surface area contributed by atoms with E-state index in [1.165, 1.54) is 5.56 Å². The first kappa shape index (κ1) is 13.3. The number of pyridine rings is 1. The van der Waals surface area contributed by atoms with Gasteiger partial charge in [0.25, 0.3) is 0 Å². The van der Waals surface area contributed by atoms with Gasteiger partial charge in [0.1, 0.15) is 0 Å². The van der Waals surface area contributed by atoms with Crippen LogP contribution in [-0.2, 0) is 0 Å². The summed E-state index contributed by atoms with van der Waals surface area (Å²) < 4.78 is 0. The second kappa shape index (κ2) is 6.09. The summed E-state index contributed by atoms with van der Waals surface area (Å²) in [4.78, 5) is 4.30. The SMILES string of the molecule is CC.CCNc1c(N)cnc2ccc(C)cc12. The number of rotatable bonds is 2. The first-order valence-electron chi connectivity index (χ1n) is 6.11. The average molecular weight is 231 g/mol. The highest BCUT2D eigenvalue weighted by Crippen LogP contribution is 2.28. The highest BCUT2D eigenvalue weighted by atomic mass is 14.9. The molecular formula is C14H21N3. The van der Waals surface area contributed by atoms with Gasteiger partial charge in [-0.2, -0.15) is 0 Å². The fourth-order valence-electron chi connectivity index (χ4n) is 1.70. The zero-order chi connectivity index (χ0) is 12.8. The minimum absolute atomic E-state index is 0.704. The largest absolute Gasteiger partial charge is 0.396 e. The van der Waals surface area contributed by atoms with E-state index in [1.807, 2.05) is 19.9 Å². The molecule has 0 aliphatic heterocycles. The molecule has 3 heteroatoms. The van der Waals surface area contributed by atoms with Crippen LogP contribution in [0.1, 0.15) is 26.3 Å². The van der Waals surface area contributed by atoms with Gasteiger partial charge in [0.05, 0.1) is 23.1 Å². The lowest BCUT2D eigenvalue weighted by atomic mass is 10.1. The molecule has 0 radical (unpaired) electrons. The molecule has 3 nitrogen and oxygen atoms in total. The number of aromatic nitrogens is 1. The Kier molecular flexibility index (Phi) is 4.76. The number of nitrogens with one attached hydrogen (secondary N) is 1. The molecule has 2 aromatic rings. The number of benzene rings is 1. The van der Waals surface area contributed by atoms with Gasteiger partial charge in [-0.25, -0.2) is 0 Å². The number of nitrogens with two attached hydrogens (primary N) is 1. The van der Waals surface area contributed by atoms with Gasteiger partial charge in [-0.3, -0.25) is 4.98 Å². The second-order valence-corrected chi connectivity index (χ2v) is 3.64. The Labute approximate surface area is 103 Å². The first-order valence-corrected chi connectivity index (χ1v) is 6.11. The van der Waals surface area contributed by atoms with Crippen molar-refractivity contribution < 1.29 is 0 Å². The maximum atomic E-state index is 5.90. The Hall–Kier alpha value is -1.77. The third kappa shape index (κ3) is 2.87. The standard InChI is InChI=1S/C12H15N3.C2H6/c1-3-14-12-9-6-8(2)4-5-11(9)15-7-10(12)13;1-2/h4-7H,3,13H2,1-2H3,(H,14,15);1-2H3. The van der Waals surface area contributed by atoms with Gasteiger partial charge in [0, 0.05) is 11.9 Å². The van der Waals surface area contributed by atoms with E-state index in [1.54, 1.807) is 6.20 Å². The van der Waals surface area contributed by atoms with Crippen molar-refractivity contribution in [3.63, 3.8) is 0 Å². The van der Waals surface area contributed by atoms with Crippen LogP contribution >= 0.6 is 0 Å². The molecule has 0 atom stereocenters. The second-order valence-electron chi connectivity index (χ2n) is 3.64. The van der Waals surface area contributed by atoms with Crippen molar-refractivity contribution in [1.29, 1.82) is 0 Å². The topological polar surface area (TPSA) is 50.9 Å². The van der Waals surface area contributed by atoms with Crippen molar-refractivity contribution in [3.05, 3.63) is 30.0 Å². The number of hydrogen-bond donors (Lipinski definition) is 2. The first-order chi connectivity index (χ1) is 8.22. The summed E-state index contributed by atoms with van der Waals surface area (Å²) in [5.74, 6) is 0. The Balaban J connectivity index is 0.000000686. The maximum absolute atomic E-state index is 5.90. The molecule has 0 aliphatic carbocycles. The van der Waals surface area contributed by atoms with Crippen molar-refractivity contribution >= 4 is 22.3 Å². The summed E-state index contributed by atoms with van der Waals surface area (Å²) in [5.41, 5.74) is 9.79. The number of nitrogens with zero attached hydrogens (tertiary/aromatic N) is 1. The predicted molar refractivity (Wildman–Crippen MR) is 76.4 cm³/mol. The Bertz CT molecular complexity index is 487. The molecule has 1 heterocycles. The third-order valence-electron chi connectivity index (χ3n) is 2.41. The number of fused-ring (bicyclic) bond motifs is 1. The summed E-state index contributed by atoms with van der Waals surface area (Å²) in [5, 5.41) is 4.38. The summed E-state index contributed by atoms with van der Waals surface area (Å²) in [6, 6.07) is 6.18. The lowest BCUT2D eigenvalue weighted by Gasteiger charge is -2.10. The molecule has 0 amide bonds. The maximum Gasteiger partial charge on any atom is 0.0743 e. The molecule has 0 bridgehead atoms. The molecular weight excluding hydrogens is 210 g/mol. The lowest BCUT2D eigenvalue weighted by Crippen LogP contribution is -2.02. The number of aryl methyl sites for hydroxylation is 1. The summed E-state index contributed by atoms with van der Waals surface area (Å²) >= 11 is 0. The zero-order valence-electron chi connectivity index (χ0n) is 11.0. The molecule has 0 saturated heterocycles. The average Bonchev–Trinajstić information content (AvgIpc) is 2.36. The van der Waals surface area contributed by atoms with Crippen LogP contribution in [0.25, 0.3) is 10.9 Å². The van der Waals surface area contributed by atoms with E-state index in [9.17, 15) is 0 Å². The highest BCUT2D eigenvalue weighted by molar-refractivity contribution is 5.97. The van der Waals surface area contributed by atoms with E-state index in [-0.39, 0.29) is 0 Å². The number of anilines is 2. The van der Waals surface area contributed by atoms with Crippen molar-refractivity contribution in [2.75, 3.05) is 17.6 Å². The van der Waals surface area contributed by atoms with Crippen LogP contribution in [0.4, 0.5) is 11.4 Å². The van der Waals surface area contributed by atoms with Crippen LogP contribution in [0.3, 0.4) is 0 Å². The molecule has 0 saturated carbocycles. The highest BCUT2D eigenvalue weighted by Gasteiger charge is 2.05. The van der Waals surface area contributed by atoms with E-state index in [4.69, 9.17) is 5.73 Å². The Morgan fingerprint density at radius 2 is 2.00 bits per heavy atom. The number of hydrogen-bond acceptors (Lipinski definition) is 3. The van der Waals surface area contributed by atoms with Gasteiger partial charge in [-0.05, 0) is 26.0 Å². The van der Waals surface area contributed by atoms with Crippen molar-refractivity contribution in [1.82, 2.24) is 4.98 Å². The molecule has 0 fully saturated rings. The number of nitrogen functional groups attached to an aromatic ring is 1. The fourth-order valence-corrected chi connectivity index (χ4v) is 1.70. The smallest absolute Gasteiger partial charge is 0.0743 e. The molecule has 92 valence electrons. The Morgan fingerprint density at radius 3 is 2.65 bits per heavy atom. The molecule has 2 rings (SSSR count). The van der Waals surface area contributed by atoms with Crippen LogP contribution in [0, 0.1) is 6.92 Å². The van der Waals surface area contributed by atoms with Crippen molar-refractivity contribution in [3.8, 4) is 0 Å². The van der Waals surface area contributed by atoms with Crippen LogP contribution in [-0.4, -0.2) is 11.5 Å². The summed E-state index contributed by atoms with van der Waals surface area (Å²) in [6.07, 6.45) is 1.70. The van der Waals surface area contributed by atoms with E-state index >= 15 is 0 Å². The predicted octanol–water partition coefficient (Wildman–Crippen LogP) is 3.58. The monoisotopic (exact) mass is 231 g/mol. The van der Waals surface area contributed by atoms with Crippen LogP contribution in [0.2, 0.25) is 0 Å². The molecule has 0 spiro atoms. The summed E-state index contributed by atoms with van der Waals surface area (Å²) in [6.45, 7) is 8.98. The van der Waals surface area contributed by atoms with Crippen LogP contribution in [0.15, 0.2) is 24.4 Å². The third-order valence-corrected chi connectivity index (χ3v) is 2.41. The van der Waals surface area contributed by atoms with Gasteiger partial charge in [0.15, 0.2) is 0 Å². The van der Waals surface area contributed by atoms with Gasteiger partial charge in [-0.15, -0.1) is 0 Å². The fraction of sp³-hybridized carbons (Fsp3) is 0.357. The van der Waals surface area contributed by atoms with Crippen molar-refractivity contribution in [2.45, 2.75) is 27.7 Å². The molecule has 3 N–H and O–H groups in total. The van der Waals surface area contributed by atoms with Gasteiger partial charge < -0.3 is 11.1 Å². The molecule has 1 aromatic heterocycles. The van der Waals surface area contributed by atoms with E-state index in [0.29, 0.717) is 5.69 Å². The van der Waals surface area contributed by atoms with Gasteiger partial charge >= 0.3 is 0 Å². The minimum atomic E-state index is 0.704. The van der Waals surface area contributed by atoms with E-state index < -0.39 is 0 Å². The quantitative estimate of drug-likeness (QED) is 0.830. The Morgan fingerprint density at radius 1 is 1.29 bits per heavy atom. The minimum Gasteiger partial charge on any atom is -0.396 e.